The molecule has 0 aliphatic heterocycles. The van der Waals surface area contributed by atoms with E-state index in [2.05, 4.69) is 10.6 Å². The van der Waals surface area contributed by atoms with Crippen LogP contribution in [0.25, 0.3) is 0 Å². The van der Waals surface area contributed by atoms with Gasteiger partial charge in [-0.15, -0.1) is 0 Å². The van der Waals surface area contributed by atoms with Crippen molar-refractivity contribution in [1.82, 2.24) is 4.90 Å². The summed E-state index contributed by atoms with van der Waals surface area (Å²) in [5.41, 5.74) is 2.40. The monoisotopic (exact) mass is 365 g/mol. The number of rotatable bonds is 4. The van der Waals surface area contributed by atoms with Gasteiger partial charge in [0, 0.05) is 18.4 Å². The minimum Gasteiger partial charge on any atom is -0.343 e. The molecule has 0 bridgehead atoms. The summed E-state index contributed by atoms with van der Waals surface area (Å²) in [4.78, 5) is 13.6. The molecule has 0 saturated heterocycles. The number of halogens is 2. The molecular weight excluding hydrogens is 349 g/mol. The largest absolute Gasteiger partial charge is 0.343 e. The number of anilines is 2. The van der Waals surface area contributed by atoms with Crippen LogP contribution in [-0.2, 0) is 4.79 Å². The van der Waals surface area contributed by atoms with Crippen LogP contribution in [0.3, 0.4) is 0 Å². The van der Waals surface area contributed by atoms with E-state index in [1.54, 1.807) is 11.9 Å². The number of benzene rings is 2. The van der Waals surface area contributed by atoms with Crippen LogP contribution >= 0.6 is 23.8 Å². The van der Waals surface area contributed by atoms with Crippen LogP contribution in [-0.4, -0.2) is 29.5 Å². The molecule has 0 aromatic heterocycles. The molecule has 0 fully saturated rings. The van der Waals surface area contributed by atoms with E-state index in [-0.39, 0.29) is 17.5 Å². The fraction of sp³-hybridized carbons (Fsp3) is 0.176. The van der Waals surface area contributed by atoms with Crippen molar-refractivity contribution in [3.63, 3.8) is 0 Å². The van der Waals surface area contributed by atoms with Crippen LogP contribution in [0.5, 0.6) is 0 Å². The zero-order valence-corrected chi connectivity index (χ0v) is 14.8. The highest BCUT2D eigenvalue weighted by Gasteiger charge is 2.11. The van der Waals surface area contributed by atoms with Crippen LogP contribution in [0.15, 0.2) is 42.5 Å². The van der Waals surface area contributed by atoms with E-state index in [1.807, 2.05) is 31.2 Å². The average molecular weight is 366 g/mol. The highest BCUT2D eigenvalue weighted by molar-refractivity contribution is 7.80. The van der Waals surface area contributed by atoms with Crippen molar-refractivity contribution in [3.05, 3.63) is 58.9 Å². The van der Waals surface area contributed by atoms with Gasteiger partial charge in [-0.3, -0.25) is 4.79 Å². The minimum atomic E-state index is -0.501. The Morgan fingerprint density at radius 1 is 1.17 bits per heavy atom. The lowest BCUT2D eigenvalue weighted by Crippen LogP contribution is -2.37. The first-order chi connectivity index (χ1) is 11.3. The Morgan fingerprint density at radius 3 is 2.42 bits per heavy atom. The molecule has 0 atom stereocenters. The van der Waals surface area contributed by atoms with Crippen LogP contribution in [0.1, 0.15) is 5.56 Å². The van der Waals surface area contributed by atoms with Gasteiger partial charge in [0.1, 0.15) is 5.82 Å². The second-order valence-corrected chi connectivity index (χ2v) is 6.12. The molecule has 0 aliphatic rings. The van der Waals surface area contributed by atoms with Crippen LogP contribution in [0.4, 0.5) is 15.8 Å². The van der Waals surface area contributed by atoms with Gasteiger partial charge in [0.25, 0.3) is 0 Å². The van der Waals surface area contributed by atoms with Crippen LogP contribution in [0.2, 0.25) is 5.02 Å². The molecule has 0 spiro atoms. The van der Waals surface area contributed by atoms with E-state index in [9.17, 15) is 9.18 Å². The SMILES string of the molecule is Cc1ccc(NC(=O)CN(C)C(=S)Nc2ccc(F)c(Cl)c2)cc1. The fourth-order valence-electron chi connectivity index (χ4n) is 1.92. The number of thiocarbonyl (C=S) groups is 1. The lowest BCUT2D eigenvalue weighted by atomic mass is 10.2. The Hall–Kier alpha value is -2.18. The van der Waals surface area contributed by atoms with E-state index in [0.29, 0.717) is 10.8 Å². The Morgan fingerprint density at radius 2 is 1.79 bits per heavy atom. The van der Waals surface area contributed by atoms with Crippen molar-refractivity contribution in [2.24, 2.45) is 0 Å². The van der Waals surface area contributed by atoms with Crippen LogP contribution in [0, 0.1) is 12.7 Å². The lowest BCUT2D eigenvalue weighted by molar-refractivity contribution is -0.116. The Balaban J connectivity index is 1.89. The first-order valence-corrected chi connectivity index (χ1v) is 7.97. The maximum atomic E-state index is 13.1. The first kappa shape index (κ1) is 18.2. The summed E-state index contributed by atoms with van der Waals surface area (Å²) in [6.07, 6.45) is 0. The summed E-state index contributed by atoms with van der Waals surface area (Å²) in [6, 6.07) is 11.7. The number of likely N-dealkylation sites (N-methyl/N-ethyl adjacent to an activating group) is 1. The molecule has 24 heavy (non-hydrogen) atoms. The predicted octanol–water partition coefficient (Wildman–Crippen LogP) is 4.05. The molecule has 7 heteroatoms. The normalized spacial score (nSPS) is 10.2. The Bertz CT molecular complexity index is 752. The third-order valence-electron chi connectivity index (χ3n) is 3.23. The second kappa shape index (κ2) is 8.08. The standard InChI is InChI=1S/C17H17ClFN3OS/c1-11-3-5-12(6-4-11)20-16(23)10-22(2)17(24)21-13-7-8-15(19)14(18)9-13/h3-9H,10H2,1-2H3,(H,20,23)(H,21,24). The summed E-state index contributed by atoms with van der Waals surface area (Å²) < 4.78 is 13.1. The van der Waals surface area contributed by atoms with Gasteiger partial charge in [-0.1, -0.05) is 29.3 Å². The van der Waals surface area contributed by atoms with E-state index in [1.165, 1.54) is 18.2 Å². The van der Waals surface area contributed by atoms with Gasteiger partial charge in [-0.05, 0) is 49.5 Å². The number of aryl methyl sites for hydroxylation is 1. The third-order valence-corrected chi connectivity index (χ3v) is 3.94. The number of nitrogens with one attached hydrogen (secondary N) is 2. The van der Waals surface area contributed by atoms with E-state index in [0.717, 1.165) is 11.3 Å². The summed E-state index contributed by atoms with van der Waals surface area (Å²) in [5.74, 6) is -0.693. The first-order valence-electron chi connectivity index (χ1n) is 7.19. The fourth-order valence-corrected chi connectivity index (χ4v) is 2.28. The number of hydrogen-bond donors (Lipinski definition) is 2. The number of nitrogens with zero attached hydrogens (tertiary/aromatic N) is 1. The highest BCUT2D eigenvalue weighted by atomic mass is 35.5. The number of carbonyl (C=O) groups excluding carboxylic acids is 1. The molecule has 126 valence electrons. The quantitative estimate of drug-likeness (QED) is 0.802. The van der Waals surface area contributed by atoms with Crippen molar-refractivity contribution in [2.45, 2.75) is 6.92 Å². The minimum absolute atomic E-state index is 0.00238. The highest BCUT2D eigenvalue weighted by Crippen LogP contribution is 2.19. The zero-order chi connectivity index (χ0) is 17.7. The van der Waals surface area contributed by atoms with Crippen molar-refractivity contribution < 1.29 is 9.18 Å². The van der Waals surface area contributed by atoms with E-state index < -0.39 is 5.82 Å². The molecule has 0 unspecified atom stereocenters. The van der Waals surface area contributed by atoms with Crippen molar-refractivity contribution in [1.29, 1.82) is 0 Å². The van der Waals surface area contributed by atoms with Gasteiger partial charge < -0.3 is 15.5 Å². The van der Waals surface area contributed by atoms with Gasteiger partial charge in [0.2, 0.25) is 5.91 Å². The van der Waals surface area contributed by atoms with E-state index >= 15 is 0 Å². The van der Waals surface area contributed by atoms with E-state index in [4.69, 9.17) is 23.8 Å². The number of hydrogen-bond acceptors (Lipinski definition) is 2. The van der Waals surface area contributed by atoms with Gasteiger partial charge in [0.15, 0.2) is 5.11 Å². The van der Waals surface area contributed by atoms with Gasteiger partial charge in [0.05, 0.1) is 11.6 Å². The van der Waals surface area contributed by atoms with Crippen molar-refractivity contribution >= 4 is 46.2 Å². The predicted molar refractivity (Wildman–Crippen MR) is 100 cm³/mol. The molecule has 2 N–H and O–H groups in total. The third kappa shape index (κ3) is 5.18. The molecule has 2 rings (SSSR count). The zero-order valence-electron chi connectivity index (χ0n) is 13.3. The van der Waals surface area contributed by atoms with Gasteiger partial charge in [-0.2, -0.15) is 0 Å². The smallest absolute Gasteiger partial charge is 0.243 e. The molecule has 0 heterocycles. The maximum Gasteiger partial charge on any atom is 0.243 e. The second-order valence-electron chi connectivity index (χ2n) is 5.33. The van der Waals surface area contributed by atoms with Crippen LogP contribution < -0.4 is 10.6 Å². The maximum absolute atomic E-state index is 13.1. The summed E-state index contributed by atoms with van der Waals surface area (Å²) >= 11 is 11.0. The summed E-state index contributed by atoms with van der Waals surface area (Å²) in [5, 5.41) is 6.04. The average Bonchev–Trinajstić information content (AvgIpc) is 2.53. The molecule has 0 saturated carbocycles. The Kier molecular flexibility index (Phi) is 6.11. The summed E-state index contributed by atoms with van der Waals surface area (Å²) in [7, 11) is 1.69. The molecule has 0 radical (unpaired) electrons. The molecule has 4 nitrogen and oxygen atoms in total. The van der Waals surface area contributed by atoms with Gasteiger partial charge >= 0.3 is 0 Å². The molecule has 0 aliphatic carbocycles. The topological polar surface area (TPSA) is 44.4 Å². The summed E-state index contributed by atoms with van der Waals surface area (Å²) in [6.45, 7) is 2.06. The number of carbonyl (C=O) groups is 1. The van der Waals surface area contributed by atoms with Gasteiger partial charge in [-0.25, -0.2) is 4.39 Å². The van der Waals surface area contributed by atoms with Crippen molar-refractivity contribution in [2.75, 3.05) is 24.2 Å². The number of amides is 1. The molecule has 2 aromatic rings. The molecular formula is C17H17ClFN3OS. The lowest BCUT2D eigenvalue weighted by Gasteiger charge is -2.20. The molecule has 1 amide bonds. The Labute approximate surface area is 150 Å². The van der Waals surface area contributed by atoms with Crippen molar-refractivity contribution in [3.8, 4) is 0 Å². The molecule has 2 aromatic carbocycles.